The molecule has 0 fully saturated rings. The zero-order chi connectivity index (χ0) is 9.97. The van der Waals surface area contributed by atoms with Crippen LogP contribution in [0.15, 0.2) is 18.2 Å². The Morgan fingerprint density at radius 2 is 2.36 bits per heavy atom. The summed E-state index contributed by atoms with van der Waals surface area (Å²) in [4.78, 5) is 0. The molecule has 1 heterocycles. The highest BCUT2D eigenvalue weighted by molar-refractivity contribution is 5.42. The first-order valence-corrected chi connectivity index (χ1v) is 4.87. The van der Waals surface area contributed by atoms with Crippen LogP contribution in [-0.2, 0) is 0 Å². The van der Waals surface area contributed by atoms with Gasteiger partial charge in [0.1, 0.15) is 11.5 Å². The second-order valence-electron chi connectivity index (χ2n) is 3.50. The minimum Gasteiger partial charge on any atom is -0.497 e. The number of nitrogens with two attached hydrogens (primary N) is 1. The molecule has 1 aliphatic rings. The molecular weight excluding hydrogens is 178 g/mol. The maximum Gasteiger partial charge on any atom is 0.124 e. The van der Waals surface area contributed by atoms with Gasteiger partial charge in [0.05, 0.1) is 13.7 Å². The lowest BCUT2D eigenvalue weighted by Gasteiger charge is -2.12. The van der Waals surface area contributed by atoms with E-state index in [4.69, 9.17) is 15.2 Å². The number of hydrogen-bond acceptors (Lipinski definition) is 3. The fraction of sp³-hybridized carbons (Fsp3) is 0.455. The molecular formula is C11H15NO2. The standard InChI is InChI=1S/C11H15NO2/c1-13-8-4-5-11-9(7-8)10(12)3-2-6-14-11/h4-5,7,10H,2-3,6,12H2,1H3. The van der Waals surface area contributed by atoms with Gasteiger partial charge in [-0.15, -0.1) is 0 Å². The maximum absolute atomic E-state index is 6.03. The average Bonchev–Trinajstić information content (AvgIpc) is 2.40. The molecule has 1 atom stereocenters. The van der Waals surface area contributed by atoms with E-state index in [9.17, 15) is 0 Å². The Kier molecular flexibility index (Phi) is 2.59. The monoisotopic (exact) mass is 193 g/mol. The van der Waals surface area contributed by atoms with Crippen molar-refractivity contribution in [2.24, 2.45) is 5.73 Å². The van der Waals surface area contributed by atoms with Crippen LogP contribution in [0, 0.1) is 0 Å². The van der Waals surface area contributed by atoms with Crippen LogP contribution in [0.5, 0.6) is 11.5 Å². The Labute approximate surface area is 83.8 Å². The van der Waals surface area contributed by atoms with Gasteiger partial charge in [0.25, 0.3) is 0 Å². The van der Waals surface area contributed by atoms with Crippen molar-refractivity contribution in [1.29, 1.82) is 0 Å². The zero-order valence-electron chi connectivity index (χ0n) is 8.32. The van der Waals surface area contributed by atoms with Gasteiger partial charge in [-0.2, -0.15) is 0 Å². The van der Waals surface area contributed by atoms with E-state index in [0.717, 1.165) is 36.5 Å². The van der Waals surface area contributed by atoms with Crippen molar-refractivity contribution in [2.75, 3.05) is 13.7 Å². The third-order valence-electron chi connectivity index (χ3n) is 2.53. The molecule has 0 spiro atoms. The van der Waals surface area contributed by atoms with Gasteiger partial charge in [0, 0.05) is 11.6 Å². The van der Waals surface area contributed by atoms with Gasteiger partial charge in [0.2, 0.25) is 0 Å². The van der Waals surface area contributed by atoms with Crippen LogP contribution in [0.4, 0.5) is 0 Å². The van der Waals surface area contributed by atoms with E-state index in [-0.39, 0.29) is 6.04 Å². The number of rotatable bonds is 1. The van der Waals surface area contributed by atoms with Crippen LogP contribution in [-0.4, -0.2) is 13.7 Å². The average molecular weight is 193 g/mol. The molecule has 14 heavy (non-hydrogen) atoms. The molecule has 2 rings (SSSR count). The van der Waals surface area contributed by atoms with Gasteiger partial charge in [-0.3, -0.25) is 0 Å². The van der Waals surface area contributed by atoms with Gasteiger partial charge in [-0.25, -0.2) is 0 Å². The molecule has 0 aromatic heterocycles. The molecule has 1 aromatic carbocycles. The van der Waals surface area contributed by atoms with Crippen LogP contribution in [0.3, 0.4) is 0 Å². The molecule has 3 nitrogen and oxygen atoms in total. The van der Waals surface area contributed by atoms with Crippen LogP contribution >= 0.6 is 0 Å². The fourth-order valence-corrected chi connectivity index (χ4v) is 1.72. The molecule has 3 heteroatoms. The number of hydrogen-bond donors (Lipinski definition) is 1. The minimum absolute atomic E-state index is 0.0719. The molecule has 0 saturated heterocycles. The zero-order valence-corrected chi connectivity index (χ0v) is 8.32. The summed E-state index contributed by atoms with van der Waals surface area (Å²) < 4.78 is 10.7. The lowest BCUT2D eigenvalue weighted by Crippen LogP contribution is -2.09. The normalized spacial score (nSPS) is 20.6. The molecule has 0 aliphatic carbocycles. The fourth-order valence-electron chi connectivity index (χ4n) is 1.72. The lowest BCUT2D eigenvalue weighted by molar-refractivity contribution is 0.315. The van der Waals surface area contributed by atoms with Crippen LogP contribution in [0.2, 0.25) is 0 Å². The van der Waals surface area contributed by atoms with Gasteiger partial charge >= 0.3 is 0 Å². The predicted molar refractivity (Wildman–Crippen MR) is 54.7 cm³/mol. The second kappa shape index (κ2) is 3.88. The summed E-state index contributed by atoms with van der Waals surface area (Å²) in [6.07, 6.45) is 1.98. The Morgan fingerprint density at radius 1 is 1.50 bits per heavy atom. The quantitative estimate of drug-likeness (QED) is 0.740. The van der Waals surface area contributed by atoms with Crippen molar-refractivity contribution in [3.8, 4) is 11.5 Å². The van der Waals surface area contributed by atoms with Crippen LogP contribution in [0.1, 0.15) is 24.4 Å². The van der Waals surface area contributed by atoms with Crippen molar-refractivity contribution in [2.45, 2.75) is 18.9 Å². The van der Waals surface area contributed by atoms with E-state index in [2.05, 4.69) is 0 Å². The SMILES string of the molecule is COc1ccc2c(c1)C(N)CCCO2. The largest absolute Gasteiger partial charge is 0.497 e. The molecule has 1 aromatic rings. The Morgan fingerprint density at radius 3 is 3.14 bits per heavy atom. The first-order valence-electron chi connectivity index (χ1n) is 4.87. The van der Waals surface area contributed by atoms with E-state index < -0.39 is 0 Å². The number of fused-ring (bicyclic) bond motifs is 1. The molecule has 0 saturated carbocycles. The third-order valence-corrected chi connectivity index (χ3v) is 2.53. The topological polar surface area (TPSA) is 44.5 Å². The van der Waals surface area contributed by atoms with E-state index in [0.29, 0.717) is 0 Å². The summed E-state index contributed by atoms with van der Waals surface area (Å²) in [5, 5.41) is 0. The number of ether oxygens (including phenoxy) is 2. The van der Waals surface area contributed by atoms with Gasteiger partial charge < -0.3 is 15.2 Å². The van der Waals surface area contributed by atoms with Crippen LogP contribution in [0.25, 0.3) is 0 Å². The van der Waals surface area contributed by atoms with E-state index in [1.807, 2.05) is 18.2 Å². The minimum atomic E-state index is 0.0719. The summed E-state index contributed by atoms with van der Waals surface area (Å²) >= 11 is 0. The molecule has 0 radical (unpaired) electrons. The van der Waals surface area contributed by atoms with Crippen LogP contribution < -0.4 is 15.2 Å². The summed E-state index contributed by atoms with van der Waals surface area (Å²) in [6.45, 7) is 0.757. The van der Waals surface area contributed by atoms with Gasteiger partial charge in [0.15, 0.2) is 0 Å². The highest BCUT2D eigenvalue weighted by Gasteiger charge is 2.16. The van der Waals surface area contributed by atoms with Gasteiger partial charge in [-0.1, -0.05) is 0 Å². The molecule has 0 amide bonds. The Balaban J connectivity index is 2.39. The lowest BCUT2D eigenvalue weighted by atomic mass is 10.0. The first-order chi connectivity index (χ1) is 6.81. The number of methoxy groups -OCH3 is 1. The summed E-state index contributed by atoms with van der Waals surface area (Å²) in [6, 6.07) is 5.87. The second-order valence-corrected chi connectivity index (χ2v) is 3.50. The van der Waals surface area contributed by atoms with E-state index >= 15 is 0 Å². The van der Waals surface area contributed by atoms with Crippen molar-refractivity contribution in [3.63, 3.8) is 0 Å². The Bertz CT molecular complexity index is 325. The smallest absolute Gasteiger partial charge is 0.124 e. The molecule has 1 aliphatic heterocycles. The first kappa shape index (κ1) is 9.34. The Hall–Kier alpha value is -1.22. The van der Waals surface area contributed by atoms with Crippen molar-refractivity contribution < 1.29 is 9.47 Å². The molecule has 76 valence electrons. The van der Waals surface area contributed by atoms with E-state index in [1.165, 1.54) is 0 Å². The molecule has 1 unspecified atom stereocenters. The highest BCUT2D eigenvalue weighted by Crippen LogP contribution is 2.32. The maximum atomic E-state index is 6.03. The predicted octanol–water partition coefficient (Wildman–Crippen LogP) is 1.87. The van der Waals surface area contributed by atoms with Crippen molar-refractivity contribution in [1.82, 2.24) is 0 Å². The molecule has 0 bridgehead atoms. The number of benzene rings is 1. The summed E-state index contributed by atoms with van der Waals surface area (Å²) in [5.74, 6) is 1.74. The van der Waals surface area contributed by atoms with E-state index in [1.54, 1.807) is 7.11 Å². The van der Waals surface area contributed by atoms with Crippen molar-refractivity contribution in [3.05, 3.63) is 23.8 Å². The van der Waals surface area contributed by atoms with Gasteiger partial charge in [-0.05, 0) is 31.0 Å². The third kappa shape index (κ3) is 1.68. The summed E-state index contributed by atoms with van der Waals surface area (Å²) in [5.41, 5.74) is 7.09. The summed E-state index contributed by atoms with van der Waals surface area (Å²) in [7, 11) is 1.66. The molecule has 2 N–H and O–H groups in total. The van der Waals surface area contributed by atoms with Crippen molar-refractivity contribution >= 4 is 0 Å². The highest BCUT2D eigenvalue weighted by atomic mass is 16.5.